The molecule has 3 N–H and O–H groups in total. The molecule has 0 saturated heterocycles. The second-order valence-electron chi connectivity index (χ2n) is 7.39. The molecule has 1 aliphatic carbocycles. The molecule has 0 unspecified atom stereocenters. The summed E-state index contributed by atoms with van der Waals surface area (Å²) in [4.78, 5) is 5.19. The zero-order valence-corrected chi connectivity index (χ0v) is 17.6. The first-order valence-corrected chi connectivity index (χ1v) is 10.1. The SMILES string of the molecule is CCN(C)c1cc(-n2c(-c3cc(C4CC4)c(O)cc3O)c[nH]c2=S)ccc1OC. The van der Waals surface area contributed by atoms with Crippen LogP contribution < -0.4 is 9.64 Å². The van der Waals surface area contributed by atoms with Crippen LogP contribution in [0, 0.1) is 4.77 Å². The number of ether oxygens (including phenoxy) is 1. The fourth-order valence-electron chi connectivity index (χ4n) is 3.63. The van der Waals surface area contributed by atoms with Crippen LogP contribution in [-0.4, -0.2) is 40.5 Å². The van der Waals surface area contributed by atoms with Gasteiger partial charge in [0.05, 0.1) is 24.2 Å². The molecule has 152 valence electrons. The van der Waals surface area contributed by atoms with Crippen LogP contribution in [0.5, 0.6) is 17.2 Å². The van der Waals surface area contributed by atoms with Crippen molar-refractivity contribution >= 4 is 17.9 Å². The Bertz CT molecular complexity index is 1110. The van der Waals surface area contributed by atoms with Crippen LogP contribution in [0.3, 0.4) is 0 Å². The van der Waals surface area contributed by atoms with Gasteiger partial charge in [-0.15, -0.1) is 0 Å². The lowest BCUT2D eigenvalue weighted by Crippen LogP contribution is -2.17. The van der Waals surface area contributed by atoms with Crippen LogP contribution in [-0.2, 0) is 0 Å². The molecule has 6 nitrogen and oxygen atoms in total. The Morgan fingerprint density at radius 1 is 1.21 bits per heavy atom. The molecule has 7 heteroatoms. The summed E-state index contributed by atoms with van der Waals surface area (Å²) in [6.45, 7) is 2.90. The third-order valence-corrected chi connectivity index (χ3v) is 5.82. The van der Waals surface area contributed by atoms with E-state index >= 15 is 0 Å². The number of methoxy groups -OCH3 is 1. The molecule has 0 amide bonds. The third-order valence-electron chi connectivity index (χ3n) is 5.52. The highest BCUT2D eigenvalue weighted by Crippen LogP contribution is 2.47. The number of aromatic hydroxyl groups is 2. The van der Waals surface area contributed by atoms with E-state index in [9.17, 15) is 10.2 Å². The Balaban J connectivity index is 1.88. The number of nitrogens with one attached hydrogen (secondary N) is 1. The van der Waals surface area contributed by atoms with Crippen LogP contribution >= 0.6 is 12.2 Å². The van der Waals surface area contributed by atoms with Crippen molar-refractivity contribution in [1.82, 2.24) is 9.55 Å². The molecule has 1 saturated carbocycles. The molecule has 4 rings (SSSR count). The van der Waals surface area contributed by atoms with E-state index in [2.05, 4.69) is 16.8 Å². The molecule has 0 aliphatic heterocycles. The zero-order valence-electron chi connectivity index (χ0n) is 16.8. The molecule has 0 bridgehead atoms. The summed E-state index contributed by atoms with van der Waals surface area (Å²) >= 11 is 5.55. The first-order valence-electron chi connectivity index (χ1n) is 9.70. The molecule has 1 fully saturated rings. The summed E-state index contributed by atoms with van der Waals surface area (Å²) in [6.07, 6.45) is 3.91. The molecule has 1 heterocycles. The Morgan fingerprint density at radius 3 is 2.62 bits per heavy atom. The average molecular weight is 412 g/mol. The molecule has 0 atom stereocenters. The number of phenolic OH excluding ortho intramolecular Hbond substituents is 2. The topological polar surface area (TPSA) is 73.6 Å². The predicted molar refractivity (Wildman–Crippen MR) is 117 cm³/mol. The maximum atomic E-state index is 10.6. The third kappa shape index (κ3) is 3.46. The molecule has 1 aliphatic rings. The molecule has 0 radical (unpaired) electrons. The monoisotopic (exact) mass is 411 g/mol. The molecular weight excluding hydrogens is 386 g/mol. The largest absolute Gasteiger partial charge is 0.508 e. The quantitative estimate of drug-likeness (QED) is 0.500. The van der Waals surface area contributed by atoms with E-state index in [4.69, 9.17) is 17.0 Å². The van der Waals surface area contributed by atoms with Crippen molar-refractivity contribution in [3.05, 3.63) is 46.9 Å². The minimum atomic E-state index is 0.0223. The van der Waals surface area contributed by atoms with E-state index in [1.54, 1.807) is 13.3 Å². The minimum absolute atomic E-state index is 0.0223. The first kappa shape index (κ1) is 19.4. The van der Waals surface area contributed by atoms with E-state index in [1.807, 2.05) is 35.9 Å². The highest BCUT2D eigenvalue weighted by Gasteiger charge is 2.28. The number of imidazole rings is 1. The molecule has 29 heavy (non-hydrogen) atoms. The fraction of sp³-hybridized carbons (Fsp3) is 0.318. The van der Waals surface area contributed by atoms with Gasteiger partial charge >= 0.3 is 0 Å². The molecule has 2 aromatic carbocycles. The number of hydrogen-bond acceptors (Lipinski definition) is 5. The van der Waals surface area contributed by atoms with Gasteiger partial charge in [0.15, 0.2) is 4.77 Å². The standard InChI is InChI=1S/C22H25N3O3S/c1-4-24(2)17-9-14(7-8-21(17)28-3)25-18(12-23-22(25)29)16-10-15(13-5-6-13)19(26)11-20(16)27/h7-13,26-27H,4-6H2,1-3H3,(H,23,29). The van der Waals surface area contributed by atoms with Crippen molar-refractivity contribution in [3.8, 4) is 34.2 Å². The van der Waals surface area contributed by atoms with Gasteiger partial charge in [0.1, 0.15) is 17.2 Å². The van der Waals surface area contributed by atoms with Gasteiger partial charge in [0.2, 0.25) is 0 Å². The van der Waals surface area contributed by atoms with Gasteiger partial charge in [-0.3, -0.25) is 4.57 Å². The zero-order chi connectivity index (χ0) is 20.7. The summed E-state index contributed by atoms with van der Waals surface area (Å²) in [5.74, 6) is 1.31. The number of H-pyrrole nitrogens is 1. The summed E-state index contributed by atoms with van der Waals surface area (Å²) in [7, 11) is 3.66. The van der Waals surface area contributed by atoms with Crippen molar-refractivity contribution in [2.75, 3.05) is 25.6 Å². The van der Waals surface area contributed by atoms with E-state index in [1.165, 1.54) is 6.07 Å². The second kappa shape index (κ2) is 7.48. The second-order valence-corrected chi connectivity index (χ2v) is 7.77. The van der Waals surface area contributed by atoms with Gasteiger partial charge in [-0.05, 0) is 67.7 Å². The summed E-state index contributed by atoms with van der Waals surface area (Å²) in [6, 6.07) is 9.18. The smallest absolute Gasteiger partial charge is 0.182 e. The van der Waals surface area contributed by atoms with Crippen LogP contribution in [0.2, 0.25) is 0 Å². The number of benzene rings is 2. The lowest BCUT2D eigenvalue weighted by molar-refractivity contribution is 0.415. The maximum Gasteiger partial charge on any atom is 0.182 e. The van der Waals surface area contributed by atoms with Crippen LogP contribution in [0.25, 0.3) is 16.9 Å². The fourth-order valence-corrected chi connectivity index (χ4v) is 3.89. The predicted octanol–water partition coefficient (Wildman–Crippen LogP) is 4.96. The lowest BCUT2D eigenvalue weighted by Gasteiger charge is -2.21. The van der Waals surface area contributed by atoms with Gasteiger partial charge in [-0.2, -0.15) is 0 Å². The van der Waals surface area contributed by atoms with Crippen LogP contribution in [0.1, 0.15) is 31.2 Å². The highest BCUT2D eigenvalue weighted by atomic mass is 32.1. The normalized spacial score (nSPS) is 13.5. The lowest BCUT2D eigenvalue weighted by atomic mass is 10.0. The minimum Gasteiger partial charge on any atom is -0.508 e. The maximum absolute atomic E-state index is 10.6. The van der Waals surface area contributed by atoms with Crippen LogP contribution in [0.4, 0.5) is 5.69 Å². The Kier molecular flexibility index (Phi) is 5.00. The number of phenols is 2. The first-order chi connectivity index (χ1) is 13.9. The number of nitrogens with zero attached hydrogens (tertiary/aromatic N) is 2. The summed E-state index contributed by atoms with van der Waals surface area (Å²) in [5.41, 5.74) is 4.07. The van der Waals surface area contributed by atoms with E-state index < -0.39 is 0 Å². The van der Waals surface area contributed by atoms with E-state index in [0.717, 1.165) is 47.8 Å². The summed E-state index contributed by atoms with van der Waals surface area (Å²) < 4.78 is 7.93. The Hall–Kier alpha value is -2.93. The Morgan fingerprint density at radius 2 is 1.97 bits per heavy atom. The number of rotatable bonds is 6. The van der Waals surface area contributed by atoms with Crippen molar-refractivity contribution in [3.63, 3.8) is 0 Å². The van der Waals surface area contributed by atoms with Gasteiger partial charge in [-0.25, -0.2) is 0 Å². The van der Waals surface area contributed by atoms with Crippen molar-refractivity contribution in [2.24, 2.45) is 0 Å². The Labute approximate surface area is 175 Å². The van der Waals surface area contributed by atoms with Crippen molar-refractivity contribution in [2.45, 2.75) is 25.7 Å². The van der Waals surface area contributed by atoms with Gasteiger partial charge in [-0.1, -0.05) is 0 Å². The van der Waals surface area contributed by atoms with E-state index in [-0.39, 0.29) is 11.5 Å². The number of anilines is 1. The van der Waals surface area contributed by atoms with Gasteiger partial charge < -0.3 is 24.8 Å². The van der Waals surface area contributed by atoms with E-state index in [0.29, 0.717) is 16.3 Å². The number of aromatic nitrogens is 2. The molecule has 1 aromatic heterocycles. The molecule has 0 spiro atoms. The van der Waals surface area contributed by atoms with Gasteiger partial charge in [0.25, 0.3) is 0 Å². The number of aromatic amines is 1. The molecule has 3 aromatic rings. The van der Waals surface area contributed by atoms with Gasteiger partial charge in [0, 0.05) is 31.4 Å². The summed E-state index contributed by atoms with van der Waals surface area (Å²) in [5, 5.41) is 20.8. The van der Waals surface area contributed by atoms with Crippen LogP contribution in [0.15, 0.2) is 36.5 Å². The molecular formula is C22H25N3O3S. The average Bonchev–Trinajstić information content (AvgIpc) is 3.49. The van der Waals surface area contributed by atoms with Crippen molar-refractivity contribution < 1.29 is 14.9 Å². The number of hydrogen-bond donors (Lipinski definition) is 3. The highest BCUT2D eigenvalue weighted by molar-refractivity contribution is 7.71. The van der Waals surface area contributed by atoms with Crippen molar-refractivity contribution in [1.29, 1.82) is 0 Å².